The molecule has 0 spiro atoms. The van der Waals surface area contributed by atoms with Crippen LogP contribution in [0.3, 0.4) is 0 Å². The zero-order valence-electron chi connectivity index (χ0n) is 10.1. The summed E-state index contributed by atoms with van der Waals surface area (Å²) in [6.07, 6.45) is 6.12. The zero-order chi connectivity index (χ0) is 12.7. The van der Waals surface area contributed by atoms with Gasteiger partial charge in [0.05, 0.1) is 5.39 Å². The highest BCUT2D eigenvalue weighted by molar-refractivity contribution is 6.00. The van der Waals surface area contributed by atoms with Gasteiger partial charge >= 0.3 is 5.97 Å². The van der Waals surface area contributed by atoms with Crippen molar-refractivity contribution in [2.24, 2.45) is 0 Å². The summed E-state index contributed by atoms with van der Waals surface area (Å²) in [6.45, 7) is 1.74. The van der Waals surface area contributed by atoms with Crippen LogP contribution >= 0.6 is 0 Å². The van der Waals surface area contributed by atoms with Gasteiger partial charge in [-0.1, -0.05) is 12.8 Å². The van der Waals surface area contributed by atoms with E-state index in [1.54, 1.807) is 13.1 Å². The molecule has 0 unspecified atom stereocenters. The summed E-state index contributed by atoms with van der Waals surface area (Å²) in [5.74, 6) is 0.496. The first kappa shape index (κ1) is 11.2. The SMILES string of the molecule is Cc1ncc2c(C3CCCC3)oc(C(=O)O)c2n1. The van der Waals surface area contributed by atoms with Gasteiger partial charge in [-0.2, -0.15) is 0 Å². The standard InChI is InChI=1S/C13H14N2O3/c1-7-14-6-9-10(15-7)12(13(16)17)18-11(9)8-4-2-3-5-8/h6,8H,2-5H2,1H3,(H,16,17). The summed E-state index contributed by atoms with van der Waals surface area (Å²) in [7, 11) is 0. The molecule has 94 valence electrons. The fraction of sp³-hybridized carbons (Fsp3) is 0.462. The minimum atomic E-state index is -1.07. The highest BCUT2D eigenvalue weighted by Gasteiger charge is 2.27. The molecule has 2 aromatic heterocycles. The van der Waals surface area contributed by atoms with Gasteiger partial charge in [-0.3, -0.25) is 0 Å². The molecule has 2 aromatic rings. The number of carboxylic acids is 1. The lowest BCUT2D eigenvalue weighted by Crippen LogP contribution is -1.96. The minimum Gasteiger partial charge on any atom is -0.475 e. The summed E-state index contributed by atoms with van der Waals surface area (Å²) in [5.41, 5.74) is 0.428. The molecule has 5 nitrogen and oxygen atoms in total. The average molecular weight is 246 g/mol. The maximum atomic E-state index is 11.2. The van der Waals surface area contributed by atoms with Crippen LogP contribution in [0.15, 0.2) is 10.6 Å². The predicted octanol–water partition coefficient (Wildman–Crippen LogP) is 2.89. The van der Waals surface area contributed by atoms with Crippen LogP contribution in [0, 0.1) is 6.92 Å². The summed E-state index contributed by atoms with van der Waals surface area (Å²) in [6, 6.07) is 0. The molecule has 3 rings (SSSR count). The Kier molecular flexibility index (Phi) is 2.54. The lowest BCUT2D eigenvalue weighted by Gasteiger charge is -2.04. The van der Waals surface area contributed by atoms with Crippen molar-refractivity contribution in [1.29, 1.82) is 0 Å². The normalized spacial score (nSPS) is 16.5. The molecule has 1 aliphatic rings. The van der Waals surface area contributed by atoms with E-state index in [1.807, 2.05) is 0 Å². The number of hydrogen-bond acceptors (Lipinski definition) is 4. The number of rotatable bonds is 2. The molecule has 0 saturated heterocycles. The lowest BCUT2D eigenvalue weighted by molar-refractivity contribution is 0.0662. The number of furan rings is 1. The van der Waals surface area contributed by atoms with Gasteiger partial charge in [-0.15, -0.1) is 0 Å². The van der Waals surface area contributed by atoms with E-state index in [2.05, 4.69) is 9.97 Å². The Bertz CT molecular complexity index is 612. The Morgan fingerprint density at radius 1 is 1.44 bits per heavy atom. The largest absolute Gasteiger partial charge is 0.475 e. The summed E-state index contributed by atoms with van der Waals surface area (Å²) in [5, 5.41) is 9.93. The molecule has 1 fully saturated rings. The number of carbonyl (C=O) groups is 1. The van der Waals surface area contributed by atoms with E-state index >= 15 is 0 Å². The van der Waals surface area contributed by atoms with Crippen LogP contribution in [0.5, 0.6) is 0 Å². The molecule has 0 bridgehead atoms. The summed E-state index contributed by atoms with van der Waals surface area (Å²) < 4.78 is 5.56. The van der Waals surface area contributed by atoms with Gasteiger partial charge in [0.1, 0.15) is 17.1 Å². The van der Waals surface area contributed by atoms with Crippen molar-refractivity contribution < 1.29 is 14.3 Å². The Morgan fingerprint density at radius 2 is 2.17 bits per heavy atom. The molecule has 0 aromatic carbocycles. The molecular weight excluding hydrogens is 232 g/mol. The second-order valence-electron chi connectivity index (χ2n) is 4.76. The summed E-state index contributed by atoms with van der Waals surface area (Å²) >= 11 is 0. The second kappa shape index (κ2) is 4.08. The van der Waals surface area contributed by atoms with Crippen molar-refractivity contribution in [1.82, 2.24) is 9.97 Å². The van der Waals surface area contributed by atoms with Crippen LogP contribution in [-0.2, 0) is 0 Å². The van der Waals surface area contributed by atoms with E-state index in [9.17, 15) is 9.90 Å². The molecule has 1 N–H and O–H groups in total. The second-order valence-corrected chi connectivity index (χ2v) is 4.76. The quantitative estimate of drug-likeness (QED) is 0.881. The molecule has 1 aliphatic carbocycles. The smallest absolute Gasteiger partial charge is 0.374 e. The lowest BCUT2D eigenvalue weighted by atomic mass is 10.0. The first-order chi connectivity index (χ1) is 8.66. The molecule has 1 saturated carbocycles. The number of carboxylic acid groups (broad SMARTS) is 1. The first-order valence-corrected chi connectivity index (χ1v) is 6.16. The van der Waals surface area contributed by atoms with Crippen LogP contribution in [0.25, 0.3) is 10.9 Å². The third kappa shape index (κ3) is 1.66. The number of nitrogens with zero attached hydrogens (tertiary/aromatic N) is 2. The number of aryl methyl sites for hydroxylation is 1. The topological polar surface area (TPSA) is 76.2 Å². The zero-order valence-corrected chi connectivity index (χ0v) is 10.1. The first-order valence-electron chi connectivity index (χ1n) is 6.16. The Balaban J connectivity index is 2.22. The van der Waals surface area contributed by atoms with Crippen LogP contribution < -0.4 is 0 Å². The van der Waals surface area contributed by atoms with Crippen LogP contribution in [-0.4, -0.2) is 21.0 Å². The van der Waals surface area contributed by atoms with Crippen molar-refractivity contribution in [3.8, 4) is 0 Å². The number of aromatic nitrogens is 2. The van der Waals surface area contributed by atoms with E-state index in [0.717, 1.165) is 24.0 Å². The third-order valence-corrected chi connectivity index (χ3v) is 3.52. The summed E-state index contributed by atoms with van der Waals surface area (Å²) in [4.78, 5) is 19.6. The molecule has 0 aliphatic heterocycles. The van der Waals surface area contributed by atoms with E-state index in [1.165, 1.54) is 12.8 Å². The predicted molar refractivity (Wildman–Crippen MR) is 64.7 cm³/mol. The van der Waals surface area contributed by atoms with Gasteiger partial charge in [0.2, 0.25) is 5.76 Å². The number of hydrogen-bond donors (Lipinski definition) is 1. The number of fused-ring (bicyclic) bond motifs is 1. The molecule has 2 heterocycles. The fourth-order valence-corrected chi connectivity index (χ4v) is 2.67. The highest BCUT2D eigenvalue weighted by Crippen LogP contribution is 2.39. The van der Waals surface area contributed by atoms with Crippen molar-refractivity contribution >= 4 is 16.9 Å². The van der Waals surface area contributed by atoms with Gasteiger partial charge in [0, 0.05) is 12.1 Å². The number of aromatic carboxylic acids is 1. The molecule has 0 amide bonds. The minimum absolute atomic E-state index is 0.0580. The average Bonchev–Trinajstić information content (AvgIpc) is 2.93. The molecule has 18 heavy (non-hydrogen) atoms. The van der Waals surface area contributed by atoms with Crippen LogP contribution in [0.4, 0.5) is 0 Å². The highest BCUT2D eigenvalue weighted by atomic mass is 16.4. The van der Waals surface area contributed by atoms with Gasteiger partial charge in [0.15, 0.2) is 0 Å². The van der Waals surface area contributed by atoms with Gasteiger partial charge in [-0.25, -0.2) is 14.8 Å². The fourth-order valence-electron chi connectivity index (χ4n) is 2.67. The van der Waals surface area contributed by atoms with Gasteiger partial charge in [0.25, 0.3) is 0 Å². The Labute approximate surface area is 104 Å². The van der Waals surface area contributed by atoms with Crippen molar-refractivity contribution in [3.05, 3.63) is 23.5 Å². The molecular formula is C13H14N2O3. The van der Waals surface area contributed by atoms with Crippen molar-refractivity contribution in [3.63, 3.8) is 0 Å². The van der Waals surface area contributed by atoms with E-state index in [0.29, 0.717) is 17.3 Å². The molecule has 0 radical (unpaired) electrons. The van der Waals surface area contributed by atoms with Crippen molar-refractivity contribution in [2.45, 2.75) is 38.5 Å². The van der Waals surface area contributed by atoms with Gasteiger partial charge < -0.3 is 9.52 Å². The molecule has 0 atom stereocenters. The van der Waals surface area contributed by atoms with Crippen LogP contribution in [0.2, 0.25) is 0 Å². The van der Waals surface area contributed by atoms with E-state index in [4.69, 9.17) is 4.42 Å². The van der Waals surface area contributed by atoms with Crippen LogP contribution in [0.1, 0.15) is 53.7 Å². The Hall–Kier alpha value is -1.91. The molecule has 5 heteroatoms. The van der Waals surface area contributed by atoms with Crippen molar-refractivity contribution in [2.75, 3.05) is 0 Å². The van der Waals surface area contributed by atoms with E-state index in [-0.39, 0.29) is 5.76 Å². The van der Waals surface area contributed by atoms with Gasteiger partial charge in [-0.05, 0) is 19.8 Å². The Morgan fingerprint density at radius 3 is 2.83 bits per heavy atom. The maximum absolute atomic E-state index is 11.2. The third-order valence-electron chi connectivity index (χ3n) is 3.52. The maximum Gasteiger partial charge on any atom is 0.374 e. The van der Waals surface area contributed by atoms with E-state index < -0.39 is 5.97 Å². The monoisotopic (exact) mass is 246 g/mol.